The van der Waals surface area contributed by atoms with E-state index in [4.69, 9.17) is 0 Å². The summed E-state index contributed by atoms with van der Waals surface area (Å²) in [4.78, 5) is 7.89. The summed E-state index contributed by atoms with van der Waals surface area (Å²) in [5.41, 5.74) is -3.85. The molecule has 0 bridgehead atoms. The van der Waals surface area contributed by atoms with Crippen LogP contribution in [0.15, 0.2) is 30.6 Å². The zero-order valence-electron chi connectivity index (χ0n) is 16.7. The van der Waals surface area contributed by atoms with E-state index in [-0.39, 0.29) is 28.5 Å². The highest BCUT2D eigenvalue weighted by atomic mass is 19.4. The number of alkyl halides is 6. The quantitative estimate of drug-likeness (QED) is 0.315. The third kappa shape index (κ3) is 4.30. The van der Waals surface area contributed by atoms with E-state index in [1.165, 1.54) is 12.3 Å². The van der Waals surface area contributed by atoms with Gasteiger partial charge in [0.1, 0.15) is 0 Å². The predicted molar refractivity (Wildman–Crippen MR) is 101 cm³/mol. The summed E-state index contributed by atoms with van der Waals surface area (Å²) >= 11 is 0. The van der Waals surface area contributed by atoms with Gasteiger partial charge < -0.3 is 15.5 Å². The first-order chi connectivity index (χ1) is 14.0. The number of hydrogen-bond acceptors (Lipinski definition) is 5. The molecule has 3 rings (SSSR count). The van der Waals surface area contributed by atoms with Crippen molar-refractivity contribution in [2.45, 2.75) is 51.0 Å². The van der Waals surface area contributed by atoms with Gasteiger partial charge >= 0.3 is 12.4 Å². The minimum absolute atomic E-state index is 0.264. The monoisotopic (exact) mass is 447 g/mol. The van der Waals surface area contributed by atoms with Crippen molar-refractivity contribution in [3.05, 3.63) is 47.3 Å². The number of benzene rings is 1. The average molecular weight is 447 g/mol. The molecule has 0 aliphatic carbocycles. The molecule has 3 N–H and O–H groups in total. The van der Waals surface area contributed by atoms with Crippen LogP contribution in [0.1, 0.15) is 37.5 Å². The van der Waals surface area contributed by atoms with Gasteiger partial charge in [-0.2, -0.15) is 26.3 Å². The lowest BCUT2D eigenvalue weighted by Crippen LogP contribution is -2.42. The highest BCUT2D eigenvalue weighted by molar-refractivity contribution is 6.06. The minimum atomic E-state index is -5.57. The Morgan fingerprint density at radius 3 is 2.10 bits per heavy atom. The predicted octanol–water partition coefficient (Wildman–Crippen LogP) is 4.39. The fourth-order valence-electron chi connectivity index (χ4n) is 3.20. The van der Waals surface area contributed by atoms with E-state index in [0.29, 0.717) is 6.07 Å². The smallest absolute Gasteiger partial charge is 0.355 e. The van der Waals surface area contributed by atoms with Gasteiger partial charge in [-0.05, 0) is 38.5 Å². The number of fused-ring (bicyclic) bond motifs is 3. The van der Waals surface area contributed by atoms with Crippen molar-refractivity contribution in [1.29, 1.82) is 0 Å². The van der Waals surface area contributed by atoms with E-state index < -0.39 is 40.2 Å². The first kappa shape index (κ1) is 23.2. The van der Waals surface area contributed by atoms with E-state index in [1.54, 1.807) is 20.8 Å². The summed E-state index contributed by atoms with van der Waals surface area (Å²) in [6.07, 6.45) is -8.37. The molecule has 0 spiro atoms. The van der Waals surface area contributed by atoms with Crippen molar-refractivity contribution in [2.24, 2.45) is 0 Å². The third-order valence-electron chi connectivity index (χ3n) is 4.67. The molecular formula is C20H19F6N3O2. The van der Waals surface area contributed by atoms with Crippen molar-refractivity contribution in [3.8, 4) is 0 Å². The summed E-state index contributed by atoms with van der Waals surface area (Å²) in [6.45, 7) is 4.94. The Balaban J connectivity index is 2.44. The van der Waals surface area contributed by atoms with Crippen LogP contribution in [0.5, 0.6) is 0 Å². The molecular weight excluding hydrogens is 428 g/mol. The van der Waals surface area contributed by atoms with Crippen LogP contribution in [0.4, 0.5) is 26.3 Å². The van der Waals surface area contributed by atoms with Crippen molar-refractivity contribution >= 4 is 21.8 Å². The van der Waals surface area contributed by atoms with Crippen LogP contribution >= 0.6 is 0 Å². The van der Waals surface area contributed by atoms with Gasteiger partial charge in [0.15, 0.2) is 0 Å². The van der Waals surface area contributed by atoms with Crippen molar-refractivity contribution in [1.82, 2.24) is 15.3 Å². The first-order valence-electron chi connectivity index (χ1n) is 9.07. The number of halogens is 6. The maximum absolute atomic E-state index is 14.0. The number of aromatic nitrogens is 2. The Kier molecular flexibility index (Phi) is 5.44. The number of hydrogen-bond donors (Lipinski definition) is 3. The molecule has 0 atom stereocenters. The number of nitrogens with zero attached hydrogens (tertiary/aromatic N) is 2. The number of pyridine rings is 2. The molecule has 0 amide bonds. The Morgan fingerprint density at radius 1 is 0.935 bits per heavy atom. The zero-order chi connectivity index (χ0) is 23.4. The molecule has 0 radical (unpaired) electrons. The molecule has 0 aliphatic heterocycles. The van der Waals surface area contributed by atoms with Crippen LogP contribution in [0.2, 0.25) is 0 Å². The van der Waals surface area contributed by atoms with Crippen LogP contribution < -0.4 is 5.32 Å². The Hall–Kier alpha value is -2.50. The minimum Gasteiger partial charge on any atom is -0.355 e. The van der Waals surface area contributed by atoms with Crippen molar-refractivity contribution in [2.75, 3.05) is 0 Å². The van der Waals surface area contributed by atoms with E-state index >= 15 is 0 Å². The van der Waals surface area contributed by atoms with Gasteiger partial charge in [0.25, 0.3) is 5.79 Å². The molecule has 1 aromatic carbocycles. The lowest BCUT2D eigenvalue weighted by atomic mass is 9.93. The summed E-state index contributed by atoms with van der Waals surface area (Å²) in [5.74, 6) is -4.40. The summed E-state index contributed by atoms with van der Waals surface area (Å²) < 4.78 is 82.1. The fraction of sp³-hybridized carbons (Fsp3) is 0.400. The van der Waals surface area contributed by atoms with E-state index in [2.05, 4.69) is 15.3 Å². The highest BCUT2D eigenvalue weighted by Gasteiger charge is 2.55. The van der Waals surface area contributed by atoms with E-state index in [9.17, 15) is 36.6 Å². The highest BCUT2D eigenvalue weighted by Crippen LogP contribution is 2.44. The molecule has 5 nitrogen and oxygen atoms in total. The molecule has 0 saturated heterocycles. The van der Waals surface area contributed by atoms with Crippen LogP contribution in [0.3, 0.4) is 0 Å². The van der Waals surface area contributed by atoms with Gasteiger partial charge in [-0.15, -0.1) is 0 Å². The molecule has 168 valence electrons. The average Bonchev–Trinajstić information content (AvgIpc) is 2.62. The molecule has 2 aromatic heterocycles. The maximum Gasteiger partial charge on any atom is 0.447 e. The SMILES string of the molecule is CC(C)(C)NCc1cnc2c(cc(C(O)(O)C(F)(F)F)c3cccnc32)c1C(F)(F)F. The van der Waals surface area contributed by atoms with Gasteiger partial charge in [0.2, 0.25) is 0 Å². The number of aliphatic hydroxyl groups is 2. The van der Waals surface area contributed by atoms with E-state index in [0.717, 1.165) is 12.3 Å². The fourth-order valence-corrected chi connectivity index (χ4v) is 3.20. The molecule has 3 aromatic rings. The largest absolute Gasteiger partial charge is 0.447 e. The molecule has 31 heavy (non-hydrogen) atoms. The Labute approximate surface area is 172 Å². The van der Waals surface area contributed by atoms with Gasteiger partial charge in [0, 0.05) is 40.8 Å². The normalized spacial score (nSPS) is 13.9. The van der Waals surface area contributed by atoms with Gasteiger partial charge in [0.05, 0.1) is 16.6 Å². The number of nitrogens with one attached hydrogen (secondary N) is 1. The topological polar surface area (TPSA) is 78.3 Å². The molecule has 2 heterocycles. The number of rotatable bonds is 3. The Morgan fingerprint density at radius 2 is 1.55 bits per heavy atom. The lowest BCUT2D eigenvalue weighted by molar-refractivity contribution is -0.357. The molecule has 0 fully saturated rings. The maximum atomic E-state index is 14.0. The lowest BCUT2D eigenvalue weighted by Gasteiger charge is -2.27. The molecule has 11 heteroatoms. The second-order valence-corrected chi connectivity index (χ2v) is 8.15. The van der Waals surface area contributed by atoms with E-state index in [1.807, 2.05) is 0 Å². The molecule has 0 aliphatic rings. The summed E-state index contributed by atoms with van der Waals surface area (Å²) in [7, 11) is 0. The first-order valence-corrected chi connectivity index (χ1v) is 9.07. The summed E-state index contributed by atoms with van der Waals surface area (Å²) in [5, 5.41) is 21.5. The van der Waals surface area contributed by atoms with Crippen molar-refractivity contribution < 1.29 is 36.6 Å². The van der Waals surface area contributed by atoms with Gasteiger partial charge in [-0.1, -0.05) is 6.07 Å². The second-order valence-electron chi connectivity index (χ2n) is 8.15. The Bertz CT molecular complexity index is 1130. The van der Waals surface area contributed by atoms with Crippen molar-refractivity contribution in [3.63, 3.8) is 0 Å². The van der Waals surface area contributed by atoms with Gasteiger partial charge in [-0.3, -0.25) is 9.97 Å². The summed E-state index contributed by atoms with van der Waals surface area (Å²) in [6, 6.07) is 2.81. The molecule has 0 unspecified atom stereocenters. The molecule has 0 saturated carbocycles. The van der Waals surface area contributed by atoms with Gasteiger partial charge in [-0.25, -0.2) is 0 Å². The second kappa shape index (κ2) is 7.28. The third-order valence-corrected chi connectivity index (χ3v) is 4.67. The van der Waals surface area contributed by atoms with Crippen LogP contribution in [0.25, 0.3) is 21.8 Å². The zero-order valence-corrected chi connectivity index (χ0v) is 16.7. The van der Waals surface area contributed by atoms with Crippen LogP contribution in [-0.4, -0.2) is 31.9 Å². The van der Waals surface area contributed by atoms with Crippen LogP contribution in [-0.2, 0) is 18.5 Å². The standard InChI is InChI=1S/C20H19F6N3O2/c1-17(2,3)29-9-10-8-28-16-12(14(10)19(21,22)23)7-13(18(30,31)20(24,25)26)11-5-4-6-27-15(11)16/h4-8,29-31H,9H2,1-3H3. The van der Waals surface area contributed by atoms with Crippen LogP contribution in [0, 0.1) is 0 Å².